The highest BCUT2D eigenvalue weighted by Gasteiger charge is 2.28. The molecule has 0 aliphatic carbocycles. The van der Waals surface area contributed by atoms with Crippen molar-refractivity contribution in [2.24, 2.45) is 0 Å². The third kappa shape index (κ3) is 9.07. The zero-order valence-corrected chi connectivity index (χ0v) is 23.1. The molecule has 0 bridgehead atoms. The van der Waals surface area contributed by atoms with Gasteiger partial charge in [-0.3, -0.25) is 4.98 Å². The molecule has 0 saturated heterocycles. The maximum atomic E-state index is 15.3. The molecule has 0 atom stereocenters. The van der Waals surface area contributed by atoms with Crippen LogP contribution in [0.3, 0.4) is 0 Å². The lowest BCUT2D eigenvalue weighted by molar-refractivity contribution is -0.153. The zero-order chi connectivity index (χ0) is 28.4. The number of halogens is 4. The number of fused-ring (bicyclic) bond motifs is 1. The van der Waals surface area contributed by atoms with Crippen LogP contribution in [0.4, 0.5) is 17.6 Å². The van der Waals surface area contributed by atoms with E-state index in [2.05, 4.69) is 24.0 Å². The van der Waals surface area contributed by atoms with Gasteiger partial charge in [0.15, 0.2) is 6.61 Å². The zero-order valence-electron chi connectivity index (χ0n) is 23.1. The highest BCUT2D eigenvalue weighted by Crippen LogP contribution is 2.25. The summed E-state index contributed by atoms with van der Waals surface area (Å²) in [4.78, 5) is 4.65. The summed E-state index contributed by atoms with van der Waals surface area (Å²) in [5.74, 6) is -0.0594. The normalized spacial score (nSPS) is 11.7. The van der Waals surface area contributed by atoms with Crippen LogP contribution in [0.2, 0.25) is 0 Å². The monoisotopic (exact) mass is 551 g/mol. The van der Waals surface area contributed by atoms with Crippen molar-refractivity contribution < 1.29 is 22.3 Å². The number of aryl methyl sites for hydroxylation is 5. The first-order chi connectivity index (χ1) is 19.3. The van der Waals surface area contributed by atoms with Crippen LogP contribution in [-0.4, -0.2) is 17.8 Å². The topological polar surface area (TPSA) is 22.1 Å². The van der Waals surface area contributed by atoms with Crippen molar-refractivity contribution in [3.05, 3.63) is 107 Å². The predicted molar refractivity (Wildman–Crippen MR) is 153 cm³/mol. The fraction of sp³-hybridized carbons (Fsp3) is 0.382. The van der Waals surface area contributed by atoms with Gasteiger partial charge in [-0.05, 0) is 84.4 Å². The van der Waals surface area contributed by atoms with Crippen LogP contribution in [0.1, 0.15) is 67.0 Å². The van der Waals surface area contributed by atoms with Crippen LogP contribution < -0.4 is 4.74 Å². The molecule has 2 nitrogen and oxygen atoms in total. The minimum Gasteiger partial charge on any atom is -0.484 e. The standard InChI is InChI=1S/C34H37F4NO/c1-2-3-4-5-6-7-27-10-18-30(39-23-27)17-9-26-13-21-32-29(22-26)16-15-28(33(32)35)14-8-25-11-19-31(20-12-25)40-24-34(36,37)38/h10-13,15-16,18-23H,2-9,14,17,24H2,1H3. The van der Waals surface area contributed by atoms with E-state index in [0.29, 0.717) is 23.8 Å². The van der Waals surface area contributed by atoms with Crippen LogP contribution >= 0.6 is 0 Å². The molecule has 212 valence electrons. The second kappa shape index (κ2) is 14.3. The number of nitrogens with zero attached hydrogens (tertiary/aromatic N) is 1. The molecule has 0 aliphatic rings. The maximum absolute atomic E-state index is 15.3. The molecule has 0 amide bonds. The lowest BCUT2D eigenvalue weighted by atomic mass is 9.98. The van der Waals surface area contributed by atoms with E-state index < -0.39 is 12.8 Å². The van der Waals surface area contributed by atoms with Crippen molar-refractivity contribution in [2.75, 3.05) is 6.61 Å². The molecule has 0 saturated carbocycles. The average molecular weight is 552 g/mol. The van der Waals surface area contributed by atoms with Crippen molar-refractivity contribution >= 4 is 10.8 Å². The van der Waals surface area contributed by atoms with E-state index in [1.165, 1.54) is 49.8 Å². The van der Waals surface area contributed by atoms with E-state index in [9.17, 15) is 13.2 Å². The molecular weight excluding hydrogens is 514 g/mol. The van der Waals surface area contributed by atoms with Gasteiger partial charge in [-0.15, -0.1) is 0 Å². The second-order valence-electron chi connectivity index (χ2n) is 10.5. The summed E-state index contributed by atoms with van der Waals surface area (Å²) in [7, 11) is 0. The van der Waals surface area contributed by atoms with E-state index >= 15 is 4.39 Å². The molecule has 0 fully saturated rings. The van der Waals surface area contributed by atoms with Gasteiger partial charge < -0.3 is 4.74 Å². The van der Waals surface area contributed by atoms with Gasteiger partial charge in [0, 0.05) is 17.3 Å². The van der Waals surface area contributed by atoms with E-state index in [-0.39, 0.29) is 11.6 Å². The Morgan fingerprint density at radius 3 is 2.15 bits per heavy atom. The van der Waals surface area contributed by atoms with Gasteiger partial charge in [-0.1, -0.05) is 81.1 Å². The smallest absolute Gasteiger partial charge is 0.422 e. The van der Waals surface area contributed by atoms with Crippen molar-refractivity contribution in [1.82, 2.24) is 4.98 Å². The second-order valence-corrected chi connectivity index (χ2v) is 10.5. The Balaban J connectivity index is 1.29. The first kappa shape index (κ1) is 29.6. The highest BCUT2D eigenvalue weighted by atomic mass is 19.4. The number of pyridine rings is 1. The van der Waals surface area contributed by atoms with Crippen LogP contribution in [0.5, 0.6) is 5.75 Å². The van der Waals surface area contributed by atoms with E-state index in [1.54, 1.807) is 12.1 Å². The van der Waals surface area contributed by atoms with Crippen molar-refractivity contribution in [3.8, 4) is 5.75 Å². The summed E-state index contributed by atoms with van der Waals surface area (Å²) in [6.45, 7) is 0.912. The summed E-state index contributed by atoms with van der Waals surface area (Å²) in [5.41, 5.74) is 5.03. The molecular formula is C34H37F4NO. The maximum Gasteiger partial charge on any atom is 0.422 e. The number of rotatable bonds is 14. The molecule has 6 heteroatoms. The minimum absolute atomic E-state index is 0.162. The van der Waals surface area contributed by atoms with Crippen LogP contribution in [0.15, 0.2) is 72.9 Å². The molecule has 0 N–H and O–H groups in total. The van der Waals surface area contributed by atoms with Crippen LogP contribution in [0, 0.1) is 5.82 Å². The van der Waals surface area contributed by atoms with Crippen molar-refractivity contribution in [2.45, 2.75) is 77.3 Å². The number of aromatic nitrogens is 1. The number of hydrogen-bond donors (Lipinski definition) is 0. The van der Waals surface area contributed by atoms with E-state index in [0.717, 1.165) is 41.5 Å². The van der Waals surface area contributed by atoms with E-state index in [4.69, 9.17) is 4.74 Å². The Labute approximate surface area is 234 Å². The van der Waals surface area contributed by atoms with Gasteiger partial charge >= 0.3 is 6.18 Å². The Hall–Kier alpha value is -3.41. The molecule has 0 radical (unpaired) electrons. The number of ether oxygens (including phenoxy) is 1. The third-order valence-electron chi connectivity index (χ3n) is 7.23. The highest BCUT2D eigenvalue weighted by molar-refractivity contribution is 5.84. The molecule has 0 aliphatic heterocycles. The molecule has 4 aromatic rings. The first-order valence-corrected chi connectivity index (χ1v) is 14.2. The molecule has 40 heavy (non-hydrogen) atoms. The molecule has 4 rings (SSSR count). The number of hydrogen-bond acceptors (Lipinski definition) is 2. The van der Waals surface area contributed by atoms with Gasteiger partial charge in [-0.25, -0.2) is 4.39 Å². The first-order valence-electron chi connectivity index (χ1n) is 14.2. The Morgan fingerprint density at radius 1 is 0.700 bits per heavy atom. The molecule has 0 spiro atoms. The summed E-state index contributed by atoms with van der Waals surface area (Å²) in [5, 5.41) is 1.47. The third-order valence-corrected chi connectivity index (χ3v) is 7.23. The van der Waals surface area contributed by atoms with Crippen molar-refractivity contribution in [1.29, 1.82) is 0 Å². The molecule has 0 unspecified atom stereocenters. The van der Waals surface area contributed by atoms with Crippen LogP contribution in [-0.2, 0) is 32.1 Å². The summed E-state index contributed by atoms with van der Waals surface area (Å²) >= 11 is 0. The number of alkyl halides is 3. The van der Waals surface area contributed by atoms with Crippen molar-refractivity contribution in [3.63, 3.8) is 0 Å². The Kier molecular flexibility index (Phi) is 10.6. The fourth-order valence-electron chi connectivity index (χ4n) is 4.89. The SMILES string of the molecule is CCCCCCCc1ccc(CCc2ccc3c(F)c(CCc4ccc(OCC(F)(F)F)cc4)ccc3c2)nc1. The molecule has 1 aromatic heterocycles. The fourth-order valence-corrected chi connectivity index (χ4v) is 4.89. The average Bonchev–Trinajstić information content (AvgIpc) is 2.95. The number of unbranched alkanes of at least 4 members (excludes halogenated alkanes) is 4. The minimum atomic E-state index is -4.37. The molecule has 3 aromatic carbocycles. The lowest BCUT2D eigenvalue weighted by Gasteiger charge is -2.11. The quantitative estimate of drug-likeness (QED) is 0.115. The van der Waals surface area contributed by atoms with Gasteiger partial charge in [-0.2, -0.15) is 13.2 Å². The molecule has 1 heterocycles. The van der Waals surface area contributed by atoms with Gasteiger partial charge in [0.2, 0.25) is 0 Å². The summed E-state index contributed by atoms with van der Waals surface area (Å²) in [6, 6.07) is 20.4. The number of benzene rings is 3. The lowest BCUT2D eigenvalue weighted by Crippen LogP contribution is -2.19. The van der Waals surface area contributed by atoms with Gasteiger partial charge in [0.1, 0.15) is 11.6 Å². The van der Waals surface area contributed by atoms with Gasteiger partial charge in [0.05, 0.1) is 0 Å². The Bertz CT molecular complexity index is 1350. The summed E-state index contributed by atoms with van der Waals surface area (Å²) < 4.78 is 57.0. The largest absolute Gasteiger partial charge is 0.484 e. The van der Waals surface area contributed by atoms with Gasteiger partial charge in [0.25, 0.3) is 0 Å². The Morgan fingerprint density at radius 2 is 1.43 bits per heavy atom. The van der Waals surface area contributed by atoms with E-state index in [1.807, 2.05) is 36.5 Å². The van der Waals surface area contributed by atoms with Crippen LogP contribution in [0.25, 0.3) is 10.8 Å². The predicted octanol–water partition coefficient (Wildman–Crippen LogP) is 9.40. The summed E-state index contributed by atoms with van der Waals surface area (Å²) in [6.07, 6.45) is 7.83.